The highest BCUT2D eigenvalue weighted by Gasteiger charge is 2.14. The van der Waals surface area contributed by atoms with Crippen molar-refractivity contribution in [2.45, 2.75) is 0 Å². The third kappa shape index (κ3) is 4.02. The van der Waals surface area contributed by atoms with E-state index in [4.69, 9.17) is 9.15 Å². The van der Waals surface area contributed by atoms with Crippen LogP contribution in [0.25, 0.3) is 11.5 Å². The smallest absolute Gasteiger partial charge is 0.290 e. The number of para-hydroxylation sites is 1. The minimum absolute atomic E-state index is 0.0561. The van der Waals surface area contributed by atoms with Crippen molar-refractivity contribution < 1.29 is 23.1 Å². The summed E-state index contributed by atoms with van der Waals surface area (Å²) in [5.41, 5.74) is 4.91. The molecule has 1 aromatic carbocycles. The van der Waals surface area contributed by atoms with Crippen LogP contribution in [0.1, 0.15) is 10.5 Å². The Bertz CT molecular complexity index is 876. The number of H-pyrrole nitrogens is 1. The van der Waals surface area contributed by atoms with Crippen LogP contribution >= 0.6 is 0 Å². The van der Waals surface area contributed by atoms with Crippen molar-refractivity contribution in [2.24, 2.45) is 0 Å². The fourth-order valence-corrected chi connectivity index (χ4v) is 1.93. The highest BCUT2D eigenvalue weighted by Crippen LogP contribution is 2.17. The van der Waals surface area contributed by atoms with Crippen molar-refractivity contribution in [3.63, 3.8) is 0 Å². The second kappa shape index (κ2) is 7.30. The number of hydrogen-bond donors (Lipinski definition) is 3. The SMILES string of the molecule is O=C(COc1ccccc1F)NNC(=O)c1cc(-c2ccco2)[nH]n1. The van der Waals surface area contributed by atoms with E-state index < -0.39 is 24.2 Å². The fourth-order valence-electron chi connectivity index (χ4n) is 1.93. The Labute approximate surface area is 141 Å². The minimum Gasteiger partial charge on any atom is -0.481 e. The maximum atomic E-state index is 13.3. The maximum Gasteiger partial charge on any atom is 0.290 e. The molecule has 0 aliphatic heterocycles. The van der Waals surface area contributed by atoms with Gasteiger partial charge in [0.05, 0.1) is 6.26 Å². The zero-order valence-corrected chi connectivity index (χ0v) is 12.8. The number of rotatable bonds is 5. The van der Waals surface area contributed by atoms with Gasteiger partial charge >= 0.3 is 0 Å². The second-order valence-electron chi connectivity index (χ2n) is 4.87. The number of amides is 2. The predicted octanol–water partition coefficient (Wildman–Crippen LogP) is 1.65. The molecular weight excluding hydrogens is 331 g/mol. The topological polar surface area (TPSA) is 109 Å². The van der Waals surface area contributed by atoms with Crippen LogP contribution in [0.5, 0.6) is 5.75 Å². The molecule has 0 radical (unpaired) electrons. The molecule has 9 heteroatoms. The van der Waals surface area contributed by atoms with Crippen molar-refractivity contribution >= 4 is 11.8 Å². The first-order chi connectivity index (χ1) is 12.1. The van der Waals surface area contributed by atoms with Crippen LogP contribution in [-0.4, -0.2) is 28.6 Å². The van der Waals surface area contributed by atoms with Crippen LogP contribution in [-0.2, 0) is 4.79 Å². The lowest BCUT2D eigenvalue weighted by atomic mass is 10.3. The molecule has 0 atom stereocenters. The third-order valence-electron chi connectivity index (χ3n) is 3.11. The minimum atomic E-state index is -0.654. The quantitative estimate of drug-likeness (QED) is 0.610. The predicted molar refractivity (Wildman–Crippen MR) is 83.8 cm³/mol. The van der Waals surface area contributed by atoms with Crippen molar-refractivity contribution in [3.05, 3.63) is 60.2 Å². The van der Waals surface area contributed by atoms with Crippen molar-refractivity contribution in [1.29, 1.82) is 0 Å². The number of carbonyl (C=O) groups is 2. The molecule has 128 valence electrons. The van der Waals surface area contributed by atoms with E-state index in [1.165, 1.54) is 30.5 Å². The van der Waals surface area contributed by atoms with Gasteiger partial charge in [-0.15, -0.1) is 0 Å². The molecule has 2 amide bonds. The van der Waals surface area contributed by atoms with E-state index >= 15 is 0 Å². The Kier molecular flexibility index (Phi) is 4.74. The van der Waals surface area contributed by atoms with Crippen LogP contribution in [0, 0.1) is 5.82 Å². The lowest BCUT2D eigenvalue weighted by molar-refractivity contribution is -0.123. The number of halogens is 1. The Morgan fingerprint density at radius 2 is 2.04 bits per heavy atom. The number of furan rings is 1. The first kappa shape index (κ1) is 16.2. The lowest BCUT2D eigenvalue weighted by Gasteiger charge is -2.08. The van der Waals surface area contributed by atoms with E-state index in [-0.39, 0.29) is 11.4 Å². The molecule has 0 unspecified atom stereocenters. The number of hydrazine groups is 1. The summed E-state index contributed by atoms with van der Waals surface area (Å²) in [6, 6.07) is 10.6. The molecule has 0 bridgehead atoms. The summed E-state index contributed by atoms with van der Waals surface area (Å²) in [6.07, 6.45) is 1.49. The zero-order chi connectivity index (χ0) is 17.6. The molecule has 8 nitrogen and oxygen atoms in total. The average Bonchev–Trinajstić information content (AvgIpc) is 3.30. The Morgan fingerprint density at radius 1 is 1.20 bits per heavy atom. The molecule has 3 N–H and O–H groups in total. The highest BCUT2D eigenvalue weighted by atomic mass is 19.1. The van der Waals surface area contributed by atoms with E-state index in [0.29, 0.717) is 11.5 Å². The molecule has 0 saturated heterocycles. The summed E-state index contributed by atoms with van der Waals surface area (Å²) in [6.45, 7) is -0.459. The summed E-state index contributed by atoms with van der Waals surface area (Å²) in [7, 11) is 0. The number of nitrogens with one attached hydrogen (secondary N) is 3. The Morgan fingerprint density at radius 3 is 2.80 bits per heavy atom. The van der Waals surface area contributed by atoms with Gasteiger partial charge in [-0.1, -0.05) is 12.1 Å². The van der Waals surface area contributed by atoms with Gasteiger partial charge in [-0.2, -0.15) is 5.10 Å². The van der Waals surface area contributed by atoms with Crippen LogP contribution in [0.4, 0.5) is 4.39 Å². The summed E-state index contributed by atoms with van der Waals surface area (Å²) in [5.74, 6) is -1.40. The van der Waals surface area contributed by atoms with Crippen molar-refractivity contribution in [1.82, 2.24) is 21.0 Å². The number of aromatic nitrogens is 2. The van der Waals surface area contributed by atoms with Gasteiger partial charge in [-0.3, -0.25) is 25.5 Å². The van der Waals surface area contributed by atoms with Crippen molar-refractivity contribution in [2.75, 3.05) is 6.61 Å². The highest BCUT2D eigenvalue weighted by molar-refractivity contribution is 5.94. The number of aromatic amines is 1. The van der Waals surface area contributed by atoms with Gasteiger partial charge in [0.1, 0.15) is 5.69 Å². The van der Waals surface area contributed by atoms with Gasteiger partial charge in [0.25, 0.3) is 11.8 Å². The molecular formula is C16H13FN4O4. The molecule has 0 spiro atoms. The van der Waals surface area contributed by atoms with E-state index in [0.717, 1.165) is 0 Å². The zero-order valence-electron chi connectivity index (χ0n) is 12.8. The van der Waals surface area contributed by atoms with Gasteiger partial charge in [-0.25, -0.2) is 4.39 Å². The number of hydrogen-bond acceptors (Lipinski definition) is 5. The van der Waals surface area contributed by atoms with Gasteiger partial charge in [0, 0.05) is 6.07 Å². The summed E-state index contributed by atoms with van der Waals surface area (Å²) >= 11 is 0. The molecule has 0 saturated carbocycles. The number of benzene rings is 1. The average molecular weight is 344 g/mol. The van der Waals surface area contributed by atoms with E-state index in [1.54, 1.807) is 18.2 Å². The first-order valence-corrected chi connectivity index (χ1v) is 7.19. The number of nitrogens with zero attached hydrogens (tertiary/aromatic N) is 1. The lowest BCUT2D eigenvalue weighted by Crippen LogP contribution is -2.44. The summed E-state index contributed by atoms with van der Waals surface area (Å²) in [5, 5.41) is 6.47. The van der Waals surface area contributed by atoms with Crippen LogP contribution in [0.15, 0.2) is 53.1 Å². The van der Waals surface area contributed by atoms with Crippen molar-refractivity contribution in [3.8, 4) is 17.2 Å². The molecule has 0 aliphatic carbocycles. The molecule has 3 aromatic rings. The van der Waals surface area contributed by atoms with E-state index in [9.17, 15) is 14.0 Å². The normalized spacial score (nSPS) is 10.3. The Balaban J connectivity index is 1.49. The van der Waals surface area contributed by atoms with Crippen LogP contribution in [0.2, 0.25) is 0 Å². The van der Waals surface area contributed by atoms with E-state index in [1.807, 2.05) is 0 Å². The van der Waals surface area contributed by atoms with Gasteiger partial charge in [0.2, 0.25) is 0 Å². The largest absolute Gasteiger partial charge is 0.481 e. The van der Waals surface area contributed by atoms with Gasteiger partial charge in [0.15, 0.2) is 29.6 Å². The standard InChI is InChI=1S/C16H13FN4O4/c17-10-4-1-2-5-13(10)25-9-15(22)20-21-16(23)12-8-11(18-19-12)14-6-3-7-24-14/h1-8H,9H2,(H,18,19)(H,20,22)(H,21,23). The number of ether oxygens (including phenoxy) is 1. The Hall–Kier alpha value is -3.62. The van der Waals surface area contributed by atoms with Crippen LogP contribution in [0.3, 0.4) is 0 Å². The van der Waals surface area contributed by atoms with Gasteiger partial charge < -0.3 is 9.15 Å². The van der Waals surface area contributed by atoms with Gasteiger partial charge in [-0.05, 0) is 24.3 Å². The molecule has 2 heterocycles. The summed E-state index contributed by atoms with van der Waals surface area (Å²) < 4.78 is 23.5. The van der Waals surface area contributed by atoms with Crippen LogP contribution < -0.4 is 15.6 Å². The number of carbonyl (C=O) groups excluding carboxylic acids is 2. The maximum absolute atomic E-state index is 13.3. The third-order valence-corrected chi connectivity index (χ3v) is 3.11. The monoisotopic (exact) mass is 344 g/mol. The molecule has 2 aromatic heterocycles. The molecule has 0 fully saturated rings. The second-order valence-corrected chi connectivity index (χ2v) is 4.87. The van der Waals surface area contributed by atoms with E-state index in [2.05, 4.69) is 21.0 Å². The molecule has 25 heavy (non-hydrogen) atoms. The molecule has 3 rings (SSSR count). The molecule has 0 aliphatic rings. The first-order valence-electron chi connectivity index (χ1n) is 7.19. The fraction of sp³-hybridized carbons (Fsp3) is 0.0625. The summed E-state index contributed by atoms with van der Waals surface area (Å²) in [4.78, 5) is 23.6.